The van der Waals surface area contributed by atoms with E-state index in [9.17, 15) is 19.2 Å². The summed E-state index contributed by atoms with van der Waals surface area (Å²) in [6.07, 6.45) is 0.634. The highest BCUT2D eigenvalue weighted by Gasteiger charge is 2.43. The highest BCUT2D eigenvalue weighted by molar-refractivity contribution is 6.07. The first-order valence-corrected chi connectivity index (χ1v) is 21.0. The highest BCUT2D eigenvalue weighted by atomic mass is 16.5. The molecule has 0 saturated carbocycles. The van der Waals surface area contributed by atoms with Gasteiger partial charge in [-0.05, 0) is 84.9 Å². The summed E-state index contributed by atoms with van der Waals surface area (Å²) in [5, 5.41) is 7.22. The summed E-state index contributed by atoms with van der Waals surface area (Å²) in [5.74, 6) is 1.99. The maximum Gasteiger partial charge on any atom is 0.407 e. The number of rotatable bonds is 11. The number of carbonyl (C=O) groups excluding carboxylic acids is 4. The molecule has 4 amide bonds. The van der Waals surface area contributed by atoms with E-state index in [1.54, 1.807) is 29.8 Å². The van der Waals surface area contributed by atoms with Gasteiger partial charge in [0.1, 0.15) is 36.1 Å². The summed E-state index contributed by atoms with van der Waals surface area (Å²) in [5.41, 5.74) is 6.42. The Morgan fingerprint density at radius 1 is 0.774 bits per heavy atom. The Hall–Kier alpha value is -6.20. The normalized spacial score (nSPS) is 21.4. The van der Waals surface area contributed by atoms with Gasteiger partial charge in [-0.2, -0.15) is 0 Å². The molecule has 5 heterocycles. The van der Waals surface area contributed by atoms with Crippen LogP contribution in [0, 0.1) is 11.8 Å². The second kappa shape index (κ2) is 17.3. The van der Waals surface area contributed by atoms with Crippen molar-refractivity contribution < 1.29 is 42.9 Å². The van der Waals surface area contributed by atoms with Gasteiger partial charge in [0, 0.05) is 38.3 Å². The molecule has 3 aromatic carbocycles. The molecular weight excluding hydrogens is 797 g/mol. The van der Waals surface area contributed by atoms with Crippen LogP contribution in [0.4, 0.5) is 9.59 Å². The van der Waals surface area contributed by atoms with Crippen molar-refractivity contribution in [2.45, 2.75) is 83.5 Å². The number of benzene rings is 3. The SMILES string of the molecule is COC(=O)NC(C(=O)N1C[C@@H](C)C[C@H]1c1ncc(-c2ccc3c(c2)COc2cc4c(ccc5[nH]c([C@@H]6C[C@H](C)CN6C(=O)[C@@H](NC(=O)OC)[C@@H](C)OC)nc54)cc2-3)[nH]1)[C@@H](C)OC. The highest BCUT2D eigenvalue weighted by Crippen LogP contribution is 2.44. The summed E-state index contributed by atoms with van der Waals surface area (Å²) >= 11 is 0. The Kier molecular flexibility index (Phi) is 11.8. The van der Waals surface area contributed by atoms with Gasteiger partial charge in [0.2, 0.25) is 11.8 Å². The zero-order valence-electron chi connectivity index (χ0n) is 36.2. The van der Waals surface area contributed by atoms with Crippen LogP contribution in [-0.4, -0.2) is 120 Å². The summed E-state index contributed by atoms with van der Waals surface area (Å²) in [6.45, 7) is 9.04. The van der Waals surface area contributed by atoms with E-state index in [1.807, 2.05) is 12.1 Å². The van der Waals surface area contributed by atoms with Gasteiger partial charge in [-0.15, -0.1) is 0 Å². The zero-order valence-corrected chi connectivity index (χ0v) is 36.2. The maximum absolute atomic E-state index is 14.0. The Morgan fingerprint density at radius 3 is 1.98 bits per heavy atom. The van der Waals surface area contributed by atoms with Crippen LogP contribution in [-0.2, 0) is 35.1 Å². The Morgan fingerprint density at radius 2 is 1.39 bits per heavy atom. The van der Waals surface area contributed by atoms with Gasteiger partial charge in [0.25, 0.3) is 0 Å². The Labute approximate surface area is 359 Å². The van der Waals surface area contributed by atoms with E-state index in [0.717, 1.165) is 55.5 Å². The second-order valence-corrected chi connectivity index (χ2v) is 16.8. The van der Waals surface area contributed by atoms with Gasteiger partial charge in [0.05, 0.1) is 61.4 Å². The molecule has 0 bridgehead atoms. The molecule has 0 radical (unpaired) electrons. The largest absolute Gasteiger partial charge is 0.488 e. The first-order valence-electron chi connectivity index (χ1n) is 21.0. The van der Waals surface area contributed by atoms with E-state index < -0.39 is 36.5 Å². The number of alkyl carbamates (subject to hydrolysis) is 2. The molecule has 17 heteroatoms. The summed E-state index contributed by atoms with van der Waals surface area (Å²) in [7, 11) is 5.52. The van der Waals surface area contributed by atoms with Crippen molar-refractivity contribution in [3.8, 4) is 28.1 Å². The molecule has 328 valence electrons. The van der Waals surface area contributed by atoms with Crippen LogP contribution < -0.4 is 15.4 Å². The van der Waals surface area contributed by atoms with E-state index in [-0.39, 0.29) is 35.7 Å². The number of methoxy groups -OCH3 is 4. The second-order valence-electron chi connectivity index (χ2n) is 16.8. The first-order chi connectivity index (χ1) is 29.8. The van der Waals surface area contributed by atoms with Gasteiger partial charge in [-0.25, -0.2) is 19.6 Å². The molecule has 0 aliphatic carbocycles. The molecule has 4 N–H and O–H groups in total. The van der Waals surface area contributed by atoms with Crippen LogP contribution in [0.2, 0.25) is 0 Å². The fraction of sp³-hybridized carbons (Fsp3) is 0.467. The molecule has 8 atom stereocenters. The first kappa shape index (κ1) is 42.5. The number of aromatic nitrogens is 4. The fourth-order valence-corrected chi connectivity index (χ4v) is 9.14. The van der Waals surface area contributed by atoms with Crippen LogP contribution in [0.1, 0.15) is 69.8 Å². The third-order valence-electron chi connectivity index (χ3n) is 12.6. The predicted octanol–water partition coefficient (Wildman–Crippen LogP) is 6.00. The van der Waals surface area contributed by atoms with Crippen molar-refractivity contribution in [2.24, 2.45) is 11.8 Å². The lowest BCUT2D eigenvalue weighted by Gasteiger charge is -2.30. The standard InChI is InChI=1S/C45H54N8O9/c1-22-13-34(52(19-22)42(54)37(24(3)58-5)50-44(56)60-7)40-46-18-33(48-40)27-9-11-29-28(15-27)21-62-36-17-30-26(16-31(29)36)10-12-32-39(30)49-41(47-32)35-14-23(2)20-53(35)43(55)38(25(4)59-6)51-45(57)61-8/h9-12,15-18,22-25,34-35,37-38H,13-14,19-21H2,1-8H3,(H,46,48)(H,47,49)(H,50,56)(H,51,57)/t22-,23-,24+,25+,34-,35-,37?,38-/m0/s1. The number of carbonyl (C=O) groups is 4. The van der Waals surface area contributed by atoms with Crippen LogP contribution >= 0.6 is 0 Å². The number of likely N-dealkylation sites (tertiary alicyclic amines) is 2. The van der Waals surface area contributed by atoms with Crippen molar-refractivity contribution >= 4 is 45.8 Å². The van der Waals surface area contributed by atoms with Gasteiger partial charge in [-0.3, -0.25) is 9.59 Å². The number of ether oxygens (including phenoxy) is 5. The van der Waals surface area contributed by atoms with E-state index in [1.165, 1.54) is 28.4 Å². The quantitative estimate of drug-likeness (QED) is 0.121. The maximum atomic E-state index is 14.0. The number of H-pyrrole nitrogens is 2. The molecule has 1 unspecified atom stereocenters. The molecule has 62 heavy (non-hydrogen) atoms. The zero-order chi connectivity index (χ0) is 44.0. The molecule has 3 aliphatic heterocycles. The van der Waals surface area contributed by atoms with Crippen LogP contribution in [0.3, 0.4) is 0 Å². The van der Waals surface area contributed by atoms with Gasteiger partial charge < -0.3 is 54.1 Å². The van der Waals surface area contributed by atoms with E-state index in [2.05, 4.69) is 64.8 Å². The predicted molar refractivity (Wildman–Crippen MR) is 229 cm³/mol. The minimum Gasteiger partial charge on any atom is -0.488 e. The lowest BCUT2D eigenvalue weighted by Crippen LogP contribution is -2.54. The van der Waals surface area contributed by atoms with Crippen molar-refractivity contribution in [1.29, 1.82) is 0 Å². The van der Waals surface area contributed by atoms with Crippen molar-refractivity contribution in [2.75, 3.05) is 41.5 Å². The molecule has 17 nitrogen and oxygen atoms in total. The number of nitrogens with one attached hydrogen (secondary N) is 4. The smallest absolute Gasteiger partial charge is 0.407 e. The topological polar surface area (TPSA) is 202 Å². The average molecular weight is 851 g/mol. The lowest BCUT2D eigenvalue weighted by molar-refractivity contribution is -0.138. The molecule has 2 aromatic heterocycles. The van der Waals surface area contributed by atoms with Crippen molar-refractivity contribution in [1.82, 2.24) is 40.4 Å². The van der Waals surface area contributed by atoms with Crippen molar-refractivity contribution in [3.63, 3.8) is 0 Å². The van der Waals surface area contributed by atoms with E-state index in [4.69, 9.17) is 33.7 Å². The summed E-state index contributed by atoms with van der Waals surface area (Å²) < 4.78 is 26.9. The molecular formula is C45H54N8O9. The number of aromatic amines is 2. The molecule has 0 spiro atoms. The van der Waals surface area contributed by atoms with E-state index >= 15 is 0 Å². The molecule has 2 fully saturated rings. The molecule has 3 aliphatic rings. The molecule has 2 saturated heterocycles. The fourth-order valence-electron chi connectivity index (χ4n) is 9.14. The Bertz CT molecular complexity index is 2520. The van der Waals surface area contributed by atoms with Crippen LogP contribution in [0.5, 0.6) is 5.75 Å². The minimum atomic E-state index is -0.933. The number of amides is 4. The monoisotopic (exact) mass is 850 g/mol. The molecule has 8 rings (SSSR count). The summed E-state index contributed by atoms with van der Waals surface area (Å²) in [4.78, 5) is 72.6. The molecule has 5 aromatic rings. The van der Waals surface area contributed by atoms with Gasteiger partial charge >= 0.3 is 12.2 Å². The number of imidazole rings is 2. The lowest BCUT2D eigenvalue weighted by atomic mass is 9.92. The van der Waals surface area contributed by atoms with Crippen molar-refractivity contribution in [3.05, 3.63) is 65.9 Å². The van der Waals surface area contributed by atoms with E-state index in [0.29, 0.717) is 44.2 Å². The van der Waals surface area contributed by atoms with Gasteiger partial charge in [-0.1, -0.05) is 32.0 Å². The third kappa shape index (κ3) is 7.90. The third-order valence-corrected chi connectivity index (χ3v) is 12.6. The number of hydrogen-bond acceptors (Lipinski definition) is 11. The van der Waals surface area contributed by atoms with Gasteiger partial charge in [0.15, 0.2) is 0 Å². The average Bonchev–Trinajstić information content (AvgIpc) is 4.11. The number of fused-ring (bicyclic) bond motifs is 6. The minimum absolute atomic E-state index is 0.209. The number of nitrogens with zero attached hydrogens (tertiary/aromatic N) is 4. The van der Waals surface area contributed by atoms with Crippen LogP contribution in [0.25, 0.3) is 44.2 Å². The van der Waals surface area contributed by atoms with Crippen LogP contribution in [0.15, 0.2) is 48.7 Å². The Balaban J connectivity index is 1.04. The number of hydrogen-bond donors (Lipinski definition) is 4. The summed E-state index contributed by atoms with van der Waals surface area (Å²) in [6, 6.07) is 12.0.